The Morgan fingerprint density at radius 1 is 1.53 bits per heavy atom. The van der Waals surface area contributed by atoms with Gasteiger partial charge in [-0.2, -0.15) is 0 Å². The van der Waals surface area contributed by atoms with E-state index in [2.05, 4.69) is 10.2 Å². The minimum atomic E-state index is -0.444. The molecule has 0 bridgehead atoms. The van der Waals surface area contributed by atoms with E-state index < -0.39 is 5.91 Å². The summed E-state index contributed by atoms with van der Waals surface area (Å²) in [7, 11) is 0. The van der Waals surface area contributed by atoms with Gasteiger partial charge in [-0.1, -0.05) is 23.2 Å². The maximum absolute atomic E-state index is 10.8. The first kappa shape index (κ1) is 12.0. The van der Waals surface area contributed by atoms with Crippen molar-refractivity contribution in [2.75, 3.05) is 18.0 Å². The molecule has 2 N–H and O–H groups in total. The highest BCUT2D eigenvalue weighted by molar-refractivity contribution is 6.33. The van der Waals surface area contributed by atoms with Gasteiger partial charge in [-0.3, -0.25) is 4.79 Å². The van der Waals surface area contributed by atoms with Gasteiger partial charge in [0, 0.05) is 12.6 Å². The van der Waals surface area contributed by atoms with Crippen molar-refractivity contribution in [1.82, 2.24) is 10.2 Å². The molecule has 15 heavy (non-hydrogen) atoms. The van der Waals surface area contributed by atoms with Crippen molar-refractivity contribution < 1.29 is 4.79 Å². The molecular formula is C8H10Cl2N4O. The third-order valence-corrected chi connectivity index (χ3v) is 2.22. The molecule has 0 saturated carbocycles. The molecule has 1 rings (SSSR count). The SMILES string of the molecule is CCN(CC(N)=O)c1cc(Cl)nnc1Cl. The maximum atomic E-state index is 10.8. The van der Waals surface area contributed by atoms with Gasteiger partial charge in [-0.25, -0.2) is 0 Å². The van der Waals surface area contributed by atoms with Gasteiger partial charge in [0.1, 0.15) is 0 Å². The zero-order chi connectivity index (χ0) is 11.4. The van der Waals surface area contributed by atoms with Crippen molar-refractivity contribution in [2.45, 2.75) is 6.92 Å². The number of carbonyl (C=O) groups excluding carboxylic acids is 1. The van der Waals surface area contributed by atoms with Crippen molar-refractivity contribution in [2.24, 2.45) is 5.73 Å². The lowest BCUT2D eigenvalue weighted by molar-refractivity contribution is -0.116. The summed E-state index contributed by atoms with van der Waals surface area (Å²) >= 11 is 11.5. The number of anilines is 1. The van der Waals surface area contributed by atoms with Gasteiger partial charge < -0.3 is 10.6 Å². The number of nitrogens with two attached hydrogens (primary N) is 1. The smallest absolute Gasteiger partial charge is 0.236 e. The highest BCUT2D eigenvalue weighted by Gasteiger charge is 2.13. The molecule has 0 aliphatic heterocycles. The molecule has 0 unspecified atom stereocenters. The standard InChI is InChI=1S/C8H10Cl2N4O/c1-2-14(4-7(11)15)5-3-6(9)12-13-8(5)10/h3H,2,4H2,1H3,(H2,11,15). The number of amides is 1. The first-order chi connectivity index (χ1) is 7.04. The van der Waals surface area contributed by atoms with Crippen LogP contribution in [0.15, 0.2) is 6.07 Å². The van der Waals surface area contributed by atoms with Gasteiger partial charge in [0.15, 0.2) is 10.3 Å². The minimum absolute atomic E-state index is 0.0677. The van der Waals surface area contributed by atoms with Gasteiger partial charge in [-0.15, -0.1) is 10.2 Å². The number of hydrogen-bond acceptors (Lipinski definition) is 4. The Morgan fingerprint density at radius 3 is 2.73 bits per heavy atom. The highest BCUT2D eigenvalue weighted by Crippen LogP contribution is 2.24. The molecule has 0 aliphatic rings. The molecule has 0 spiro atoms. The van der Waals surface area contributed by atoms with Crippen LogP contribution in [0.5, 0.6) is 0 Å². The molecule has 1 heterocycles. The lowest BCUT2D eigenvalue weighted by atomic mass is 10.3. The van der Waals surface area contributed by atoms with Gasteiger partial charge in [-0.05, 0) is 6.92 Å². The number of nitrogens with zero attached hydrogens (tertiary/aromatic N) is 3. The fourth-order valence-corrected chi connectivity index (χ4v) is 1.47. The Balaban J connectivity index is 3.00. The van der Waals surface area contributed by atoms with E-state index in [1.165, 1.54) is 0 Å². The summed E-state index contributed by atoms with van der Waals surface area (Å²) in [6.07, 6.45) is 0. The van der Waals surface area contributed by atoms with Crippen molar-refractivity contribution >= 4 is 34.8 Å². The van der Waals surface area contributed by atoms with E-state index in [1.54, 1.807) is 11.0 Å². The molecule has 0 saturated heterocycles. The molecule has 0 fully saturated rings. The van der Waals surface area contributed by atoms with E-state index in [9.17, 15) is 4.79 Å². The summed E-state index contributed by atoms with van der Waals surface area (Å²) < 4.78 is 0. The summed E-state index contributed by atoms with van der Waals surface area (Å²) in [6, 6.07) is 1.54. The van der Waals surface area contributed by atoms with Gasteiger partial charge in [0.25, 0.3) is 0 Å². The van der Waals surface area contributed by atoms with Gasteiger partial charge in [0.2, 0.25) is 5.91 Å². The van der Waals surface area contributed by atoms with E-state index in [1.807, 2.05) is 6.92 Å². The third kappa shape index (κ3) is 3.21. The van der Waals surface area contributed by atoms with Gasteiger partial charge >= 0.3 is 0 Å². The molecule has 0 atom stereocenters. The lowest BCUT2D eigenvalue weighted by Gasteiger charge is -2.21. The molecule has 82 valence electrons. The molecule has 1 amide bonds. The van der Waals surface area contributed by atoms with E-state index in [4.69, 9.17) is 28.9 Å². The van der Waals surface area contributed by atoms with Crippen LogP contribution in [0.2, 0.25) is 10.3 Å². The van der Waals surface area contributed by atoms with Crippen LogP contribution in [0.4, 0.5) is 5.69 Å². The molecule has 1 aromatic rings. The van der Waals surface area contributed by atoms with E-state index in [0.29, 0.717) is 12.2 Å². The predicted molar refractivity (Wildman–Crippen MR) is 59.1 cm³/mol. The fraction of sp³-hybridized carbons (Fsp3) is 0.375. The van der Waals surface area contributed by atoms with Crippen LogP contribution in [0.1, 0.15) is 6.92 Å². The zero-order valence-corrected chi connectivity index (χ0v) is 9.59. The summed E-state index contributed by atoms with van der Waals surface area (Å²) in [5.41, 5.74) is 5.66. The Kier molecular flexibility index (Phi) is 4.11. The lowest BCUT2D eigenvalue weighted by Crippen LogP contribution is -2.33. The number of carbonyl (C=O) groups is 1. The molecule has 0 radical (unpaired) electrons. The average Bonchev–Trinajstić information content (AvgIpc) is 2.18. The maximum Gasteiger partial charge on any atom is 0.236 e. The van der Waals surface area contributed by atoms with Crippen LogP contribution in [0, 0.1) is 0 Å². The number of aromatic nitrogens is 2. The molecule has 1 aromatic heterocycles. The number of rotatable bonds is 4. The second-order valence-corrected chi connectivity index (χ2v) is 3.57. The Morgan fingerprint density at radius 2 is 2.20 bits per heavy atom. The first-order valence-corrected chi connectivity index (χ1v) is 5.02. The van der Waals surface area contributed by atoms with E-state index in [-0.39, 0.29) is 16.9 Å². The quantitative estimate of drug-likeness (QED) is 0.867. The van der Waals surface area contributed by atoms with E-state index in [0.717, 1.165) is 0 Å². The Labute approximate surface area is 97.2 Å². The third-order valence-electron chi connectivity index (χ3n) is 1.77. The minimum Gasteiger partial charge on any atom is -0.368 e. The van der Waals surface area contributed by atoms with Crippen molar-refractivity contribution in [3.8, 4) is 0 Å². The van der Waals surface area contributed by atoms with Crippen LogP contribution in [0.25, 0.3) is 0 Å². The molecule has 0 aliphatic carbocycles. The largest absolute Gasteiger partial charge is 0.368 e. The van der Waals surface area contributed by atoms with Crippen LogP contribution >= 0.6 is 23.2 Å². The molecule has 7 heteroatoms. The predicted octanol–water partition coefficient (Wildman–Crippen LogP) is 1.09. The number of likely N-dealkylation sites (N-methyl/N-ethyl adjacent to an activating group) is 1. The fourth-order valence-electron chi connectivity index (χ4n) is 1.12. The zero-order valence-electron chi connectivity index (χ0n) is 8.07. The van der Waals surface area contributed by atoms with Crippen LogP contribution in [0.3, 0.4) is 0 Å². The monoisotopic (exact) mass is 248 g/mol. The normalized spacial score (nSPS) is 10.1. The summed E-state index contributed by atoms with van der Waals surface area (Å²) in [4.78, 5) is 12.5. The summed E-state index contributed by atoms with van der Waals surface area (Å²) in [5.74, 6) is -0.444. The average molecular weight is 249 g/mol. The van der Waals surface area contributed by atoms with E-state index >= 15 is 0 Å². The number of hydrogen-bond donors (Lipinski definition) is 1. The second-order valence-electron chi connectivity index (χ2n) is 2.82. The second kappa shape index (κ2) is 5.14. The number of primary amides is 1. The summed E-state index contributed by atoms with van der Waals surface area (Å²) in [6.45, 7) is 2.51. The molecule has 0 aromatic carbocycles. The topological polar surface area (TPSA) is 72.1 Å². The van der Waals surface area contributed by atoms with Gasteiger partial charge in [0.05, 0.1) is 12.2 Å². The van der Waals surface area contributed by atoms with Crippen molar-refractivity contribution in [3.05, 3.63) is 16.4 Å². The van der Waals surface area contributed by atoms with Crippen molar-refractivity contribution in [1.29, 1.82) is 0 Å². The van der Waals surface area contributed by atoms with Crippen LogP contribution in [-0.2, 0) is 4.79 Å². The highest BCUT2D eigenvalue weighted by atomic mass is 35.5. The van der Waals surface area contributed by atoms with Crippen LogP contribution in [-0.4, -0.2) is 29.2 Å². The molecule has 5 nitrogen and oxygen atoms in total. The number of halogens is 2. The molecular weight excluding hydrogens is 239 g/mol. The first-order valence-electron chi connectivity index (χ1n) is 4.26. The van der Waals surface area contributed by atoms with Crippen molar-refractivity contribution in [3.63, 3.8) is 0 Å². The summed E-state index contributed by atoms with van der Waals surface area (Å²) in [5, 5.41) is 7.64. The Hall–Kier alpha value is -1.07. The van der Waals surface area contributed by atoms with Crippen LogP contribution < -0.4 is 10.6 Å². The Bertz CT molecular complexity index is 372.